The smallest absolute Gasteiger partial charge is 0.247 e. The third-order valence-electron chi connectivity index (χ3n) is 3.49. The van der Waals surface area contributed by atoms with Crippen LogP contribution in [0.2, 0.25) is 10.0 Å². The highest BCUT2D eigenvalue weighted by Crippen LogP contribution is 2.27. The summed E-state index contributed by atoms with van der Waals surface area (Å²) in [6, 6.07) is 9.55. The maximum Gasteiger partial charge on any atom is 0.247 e. The molecule has 4 aromatic rings. The maximum absolute atomic E-state index is 6.12. The highest BCUT2D eigenvalue weighted by molar-refractivity contribution is 7.98. The summed E-state index contributed by atoms with van der Waals surface area (Å²) in [6.07, 6.45) is 1.72. The Hall–Kier alpha value is -2.09. The lowest BCUT2D eigenvalue weighted by Gasteiger charge is -2.00. The van der Waals surface area contributed by atoms with Crippen LogP contribution in [0.4, 0.5) is 0 Å². The molecule has 0 amide bonds. The zero-order chi connectivity index (χ0) is 17.4. The van der Waals surface area contributed by atoms with Gasteiger partial charge in [-0.1, -0.05) is 52.7 Å². The molecule has 126 valence electrons. The fourth-order valence-electron chi connectivity index (χ4n) is 2.25. The van der Waals surface area contributed by atoms with Crippen LogP contribution in [0.15, 0.2) is 46.1 Å². The fraction of sp³-hybridized carbons (Fsp3) is 0.125. The van der Waals surface area contributed by atoms with Gasteiger partial charge < -0.3 is 4.42 Å². The average molecular weight is 392 g/mol. The lowest BCUT2D eigenvalue weighted by molar-refractivity contribution is 0.528. The summed E-state index contributed by atoms with van der Waals surface area (Å²) >= 11 is 13.6. The van der Waals surface area contributed by atoms with E-state index in [1.54, 1.807) is 16.7 Å². The Morgan fingerprint density at radius 3 is 2.68 bits per heavy atom. The Balaban J connectivity index is 1.53. The number of rotatable bonds is 4. The summed E-state index contributed by atoms with van der Waals surface area (Å²) in [7, 11) is 0. The van der Waals surface area contributed by atoms with Crippen LogP contribution in [-0.4, -0.2) is 24.8 Å². The van der Waals surface area contributed by atoms with E-state index in [9.17, 15) is 0 Å². The van der Waals surface area contributed by atoms with Crippen molar-refractivity contribution in [3.8, 4) is 11.5 Å². The predicted molar refractivity (Wildman–Crippen MR) is 97.0 cm³/mol. The van der Waals surface area contributed by atoms with E-state index in [4.69, 9.17) is 27.6 Å². The first kappa shape index (κ1) is 16.4. The van der Waals surface area contributed by atoms with Crippen molar-refractivity contribution in [1.82, 2.24) is 24.8 Å². The van der Waals surface area contributed by atoms with Crippen molar-refractivity contribution in [3.63, 3.8) is 0 Å². The van der Waals surface area contributed by atoms with Gasteiger partial charge in [0.15, 0.2) is 10.8 Å². The number of halogens is 2. The number of nitrogens with zero attached hydrogens (tertiary/aromatic N) is 5. The van der Waals surface area contributed by atoms with Crippen LogP contribution in [0.5, 0.6) is 0 Å². The number of benzene rings is 1. The first-order chi connectivity index (χ1) is 12.1. The Bertz CT molecular complexity index is 1040. The quantitative estimate of drug-likeness (QED) is 0.470. The molecule has 4 rings (SSSR count). The van der Waals surface area contributed by atoms with E-state index in [0.29, 0.717) is 38.4 Å². The third-order valence-corrected chi connectivity index (χ3v) is 4.90. The van der Waals surface area contributed by atoms with E-state index in [0.717, 1.165) is 5.56 Å². The van der Waals surface area contributed by atoms with Crippen LogP contribution < -0.4 is 0 Å². The van der Waals surface area contributed by atoms with Crippen molar-refractivity contribution in [3.05, 3.63) is 58.0 Å². The molecule has 0 atom stereocenters. The van der Waals surface area contributed by atoms with Gasteiger partial charge in [-0.2, -0.15) is 0 Å². The molecule has 3 aromatic heterocycles. The fourth-order valence-corrected chi connectivity index (χ4v) is 3.51. The number of fused-ring (bicyclic) bond motifs is 1. The molecule has 0 aliphatic carbocycles. The Kier molecular flexibility index (Phi) is 4.37. The monoisotopic (exact) mass is 391 g/mol. The van der Waals surface area contributed by atoms with Gasteiger partial charge in [-0.25, -0.2) is 0 Å². The lowest BCUT2D eigenvalue weighted by atomic mass is 10.1. The highest BCUT2D eigenvalue weighted by Gasteiger charge is 2.13. The van der Waals surface area contributed by atoms with Gasteiger partial charge in [0.1, 0.15) is 0 Å². The Morgan fingerprint density at radius 2 is 1.88 bits per heavy atom. The van der Waals surface area contributed by atoms with E-state index in [1.165, 1.54) is 17.3 Å². The molecule has 0 N–H and O–H groups in total. The van der Waals surface area contributed by atoms with E-state index < -0.39 is 0 Å². The largest absolute Gasteiger partial charge is 0.420 e. The van der Waals surface area contributed by atoms with Crippen LogP contribution in [0, 0.1) is 6.92 Å². The average Bonchev–Trinajstić information content (AvgIpc) is 3.21. The summed E-state index contributed by atoms with van der Waals surface area (Å²) in [5.41, 5.74) is 2.62. The summed E-state index contributed by atoms with van der Waals surface area (Å²) in [5.74, 6) is 1.46. The lowest BCUT2D eigenvalue weighted by Crippen LogP contribution is -1.89. The van der Waals surface area contributed by atoms with Gasteiger partial charge in [-0.3, -0.25) is 4.40 Å². The highest BCUT2D eigenvalue weighted by atomic mass is 35.5. The number of hydrogen-bond donors (Lipinski definition) is 0. The summed E-state index contributed by atoms with van der Waals surface area (Å²) in [5, 5.41) is 18.0. The predicted octanol–water partition coefficient (Wildman–Crippen LogP) is 4.69. The van der Waals surface area contributed by atoms with Gasteiger partial charge in [0.2, 0.25) is 11.8 Å². The van der Waals surface area contributed by atoms with Gasteiger partial charge in [-0.05, 0) is 25.1 Å². The number of aryl methyl sites for hydroxylation is 1. The zero-order valence-electron chi connectivity index (χ0n) is 13.0. The molecule has 0 unspecified atom stereocenters. The van der Waals surface area contributed by atoms with Crippen LogP contribution in [-0.2, 0) is 5.75 Å². The van der Waals surface area contributed by atoms with Crippen LogP contribution in [0.25, 0.3) is 17.1 Å². The molecule has 0 aliphatic rings. The second-order valence-electron chi connectivity index (χ2n) is 5.34. The molecular weight excluding hydrogens is 381 g/mol. The van der Waals surface area contributed by atoms with Gasteiger partial charge in [0.25, 0.3) is 0 Å². The molecule has 0 aliphatic heterocycles. The molecule has 9 heteroatoms. The van der Waals surface area contributed by atoms with E-state index in [-0.39, 0.29) is 0 Å². The molecule has 0 bridgehead atoms. The van der Waals surface area contributed by atoms with Gasteiger partial charge in [0, 0.05) is 11.8 Å². The first-order valence-electron chi connectivity index (χ1n) is 7.32. The normalized spacial score (nSPS) is 11.3. The number of aromatic nitrogens is 5. The van der Waals surface area contributed by atoms with E-state index in [2.05, 4.69) is 20.4 Å². The van der Waals surface area contributed by atoms with Crippen molar-refractivity contribution in [2.24, 2.45) is 0 Å². The van der Waals surface area contributed by atoms with Crippen LogP contribution >= 0.6 is 35.0 Å². The Morgan fingerprint density at radius 1 is 1.08 bits per heavy atom. The maximum atomic E-state index is 6.12. The van der Waals surface area contributed by atoms with Crippen molar-refractivity contribution in [1.29, 1.82) is 0 Å². The minimum atomic E-state index is 0.450. The Labute approximate surface area is 157 Å². The third kappa shape index (κ3) is 3.35. The molecular formula is C16H11Cl2N5OS. The molecule has 0 radical (unpaired) electrons. The number of hydrogen-bond acceptors (Lipinski definition) is 6. The van der Waals surface area contributed by atoms with Gasteiger partial charge in [0.05, 0.1) is 15.8 Å². The van der Waals surface area contributed by atoms with Crippen molar-refractivity contribution in [2.75, 3.05) is 0 Å². The molecule has 25 heavy (non-hydrogen) atoms. The molecule has 6 nitrogen and oxygen atoms in total. The molecule has 0 saturated heterocycles. The van der Waals surface area contributed by atoms with Crippen LogP contribution in [0.1, 0.15) is 11.5 Å². The SMILES string of the molecule is Cc1ccc(-c2nnc(CSc3nnc4c(Cl)cc(Cl)cn34)o2)cc1. The summed E-state index contributed by atoms with van der Waals surface area (Å²) in [6.45, 7) is 2.03. The minimum absolute atomic E-state index is 0.450. The van der Waals surface area contributed by atoms with Crippen LogP contribution in [0.3, 0.4) is 0 Å². The van der Waals surface area contributed by atoms with Gasteiger partial charge in [-0.15, -0.1) is 20.4 Å². The molecule has 0 saturated carbocycles. The van der Waals surface area contributed by atoms with Gasteiger partial charge >= 0.3 is 0 Å². The standard InChI is InChI=1S/C16H11Cl2N5OS/c1-9-2-4-10(5-3-9)15-21-19-13(24-15)8-25-16-22-20-14-12(18)6-11(17)7-23(14)16/h2-7H,8H2,1H3. The molecule has 3 heterocycles. The summed E-state index contributed by atoms with van der Waals surface area (Å²) < 4.78 is 7.46. The van der Waals surface area contributed by atoms with Crippen molar-refractivity contribution < 1.29 is 4.42 Å². The number of pyridine rings is 1. The molecule has 0 spiro atoms. The summed E-state index contributed by atoms with van der Waals surface area (Å²) in [4.78, 5) is 0. The second kappa shape index (κ2) is 6.67. The zero-order valence-corrected chi connectivity index (χ0v) is 15.3. The van der Waals surface area contributed by atoms with Crippen molar-refractivity contribution >= 4 is 40.6 Å². The van der Waals surface area contributed by atoms with E-state index in [1.807, 2.05) is 31.2 Å². The van der Waals surface area contributed by atoms with E-state index >= 15 is 0 Å². The second-order valence-corrected chi connectivity index (χ2v) is 7.12. The van der Waals surface area contributed by atoms with Crippen molar-refractivity contribution in [2.45, 2.75) is 17.8 Å². The molecule has 0 fully saturated rings. The minimum Gasteiger partial charge on any atom is -0.420 e. The first-order valence-corrected chi connectivity index (χ1v) is 9.06. The molecule has 1 aromatic carbocycles. The number of thioether (sulfide) groups is 1. The topological polar surface area (TPSA) is 69.1 Å².